The minimum atomic E-state index is -0.332. The average Bonchev–Trinajstić information content (AvgIpc) is 2.47. The molecule has 0 bridgehead atoms. The number of carbonyl (C=O) groups excluding carboxylic acids is 2. The third-order valence-corrected chi connectivity index (χ3v) is 3.55. The second-order valence-corrected chi connectivity index (χ2v) is 5.13. The summed E-state index contributed by atoms with van der Waals surface area (Å²) >= 11 is 0. The van der Waals surface area contributed by atoms with Gasteiger partial charge in [-0.15, -0.1) is 0 Å². The van der Waals surface area contributed by atoms with Crippen molar-refractivity contribution in [1.29, 1.82) is 0 Å². The van der Waals surface area contributed by atoms with E-state index >= 15 is 0 Å². The maximum Gasteiger partial charge on any atom is 0.242 e. The summed E-state index contributed by atoms with van der Waals surface area (Å²) in [7, 11) is 1.59. The highest BCUT2D eigenvalue weighted by Crippen LogP contribution is 2.22. The molecule has 1 aliphatic rings. The lowest BCUT2D eigenvalue weighted by atomic mass is 10.1. The average molecular weight is 294 g/mol. The van der Waals surface area contributed by atoms with E-state index in [-0.39, 0.29) is 30.3 Å². The van der Waals surface area contributed by atoms with Crippen molar-refractivity contribution >= 4 is 11.8 Å². The lowest BCUT2D eigenvalue weighted by Gasteiger charge is -2.34. The van der Waals surface area contributed by atoms with Gasteiger partial charge in [-0.1, -0.05) is 12.1 Å². The predicted octanol–water partition coefficient (Wildman–Crippen LogP) is 1.20. The van der Waals surface area contributed by atoms with Crippen LogP contribution in [0.3, 0.4) is 0 Å². The molecule has 1 fully saturated rings. The van der Waals surface area contributed by atoms with E-state index < -0.39 is 0 Å². The van der Waals surface area contributed by atoms with Gasteiger partial charge in [0.25, 0.3) is 0 Å². The minimum absolute atomic E-state index is 0.0468. The monoisotopic (exact) mass is 294 g/mol. The lowest BCUT2D eigenvalue weighted by molar-refractivity contribution is -0.143. The summed E-state index contributed by atoms with van der Waals surface area (Å²) < 4.78 is 18.9. The van der Waals surface area contributed by atoms with E-state index in [0.29, 0.717) is 25.3 Å². The van der Waals surface area contributed by atoms with Crippen LogP contribution in [0.2, 0.25) is 0 Å². The zero-order chi connectivity index (χ0) is 15.4. The van der Waals surface area contributed by atoms with Crippen LogP contribution in [0.5, 0.6) is 0 Å². The number of ether oxygens (including phenoxy) is 1. The highest BCUT2D eigenvalue weighted by molar-refractivity contribution is 5.83. The van der Waals surface area contributed by atoms with Crippen molar-refractivity contribution in [3.8, 4) is 0 Å². The fraction of sp³-hybridized carbons (Fsp3) is 0.467. The number of carbonyl (C=O) groups is 2. The molecular formula is C15H19FN2O3. The molecule has 1 saturated heterocycles. The molecule has 1 heterocycles. The lowest BCUT2D eigenvalue weighted by Crippen LogP contribution is -2.46. The number of likely N-dealkylation sites (N-methyl/N-ethyl adjacent to an activating group) is 1. The van der Waals surface area contributed by atoms with Crippen molar-refractivity contribution in [3.05, 3.63) is 35.6 Å². The molecule has 21 heavy (non-hydrogen) atoms. The summed E-state index contributed by atoms with van der Waals surface area (Å²) in [5.41, 5.74) is 0.715. The van der Waals surface area contributed by atoms with E-state index in [2.05, 4.69) is 0 Å². The zero-order valence-corrected chi connectivity index (χ0v) is 12.2. The Morgan fingerprint density at radius 3 is 2.90 bits per heavy atom. The molecule has 6 heteroatoms. The molecule has 1 atom stereocenters. The fourth-order valence-corrected chi connectivity index (χ4v) is 2.20. The summed E-state index contributed by atoms with van der Waals surface area (Å²) in [6.07, 6.45) is -0.332. The summed E-state index contributed by atoms with van der Waals surface area (Å²) in [6.45, 7) is 2.72. The van der Waals surface area contributed by atoms with Crippen LogP contribution >= 0.6 is 0 Å². The van der Waals surface area contributed by atoms with Crippen molar-refractivity contribution < 1.29 is 18.7 Å². The van der Waals surface area contributed by atoms with Gasteiger partial charge in [-0.3, -0.25) is 9.59 Å². The molecule has 1 aliphatic heterocycles. The molecule has 0 saturated carbocycles. The Bertz CT molecular complexity index is 535. The Balaban J connectivity index is 2.00. The fourth-order valence-electron chi connectivity index (χ4n) is 2.20. The molecule has 1 unspecified atom stereocenters. The van der Waals surface area contributed by atoms with Gasteiger partial charge >= 0.3 is 0 Å². The van der Waals surface area contributed by atoms with Gasteiger partial charge in [0.1, 0.15) is 11.9 Å². The summed E-state index contributed by atoms with van der Waals surface area (Å²) in [6, 6.07) is 6.19. The van der Waals surface area contributed by atoms with Crippen molar-refractivity contribution in [2.24, 2.45) is 0 Å². The third-order valence-electron chi connectivity index (χ3n) is 3.55. The summed E-state index contributed by atoms with van der Waals surface area (Å²) in [4.78, 5) is 26.4. The van der Waals surface area contributed by atoms with Gasteiger partial charge in [-0.05, 0) is 17.7 Å². The van der Waals surface area contributed by atoms with Crippen LogP contribution in [0.1, 0.15) is 18.6 Å². The topological polar surface area (TPSA) is 49.9 Å². The van der Waals surface area contributed by atoms with E-state index in [9.17, 15) is 14.0 Å². The Labute approximate surface area is 123 Å². The van der Waals surface area contributed by atoms with Gasteiger partial charge in [-0.2, -0.15) is 0 Å². The van der Waals surface area contributed by atoms with Crippen LogP contribution in [0.4, 0.5) is 4.39 Å². The van der Waals surface area contributed by atoms with Crippen LogP contribution in [0.15, 0.2) is 24.3 Å². The highest BCUT2D eigenvalue weighted by Gasteiger charge is 2.26. The molecule has 2 rings (SSSR count). The van der Waals surface area contributed by atoms with E-state index in [1.54, 1.807) is 24.1 Å². The van der Waals surface area contributed by atoms with Crippen LogP contribution in [-0.2, 0) is 14.3 Å². The molecule has 1 aromatic carbocycles. The molecule has 0 spiro atoms. The first-order valence-electron chi connectivity index (χ1n) is 6.84. The van der Waals surface area contributed by atoms with E-state index in [0.717, 1.165) is 0 Å². The summed E-state index contributed by atoms with van der Waals surface area (Å²) in [5.74, 6) is -0.605. The first-order chi connectivity index (χ1) is 9.97. The molecule has 0 N–H and O–H groups in total. The number of amides is 2. The zero-order valence-electron chi connectivity index (χ0n) is 12.2. The Hall–Kier alpha value is -1.95. The maximum atomic E-state index is 13.3. The highest BCUT2D eigenvalue weighted by atomic mass is 19.1. The van der Waals surface area contributed by atoms with Crippen molar-refractivity contribution in [1.82, 2.24) is 9.80 Å². The van der Waals surface area contributed by atoms with Gasteiger partial charge < -0.3 is 14.5 Å². The van der Waals surface area contributed by atoms with Gasteiger partial charge in [0.15, 0.2) is 0 Å². The normalized spacial score (nSPS) is 18.4. The molecule has 1 aromatic rings. The van der Waals surface area contributed by atoms with Gasteiger partial charge in [0.05, 0.1) is 19.7 Å². The molecule has 114 valence electrons. The van der Waals surface area contributed by atoms with E-state index in [1.807, 2.05) is 0 Å². The Morgan fingerprint density at radius 2 is 2.24 bits per heavy atom. The second kappa shape index (κ2) is 6.67. The molecular weight excluding hydrogens is 275 g/mol. The first kappa shape index (κ1) is 15.4. The number of halogens is 1. The first-order valence-corrected chi connectivity index (χ1v) is 6.84. The number of benzene rings is 1. The van der Waals surface area contributed by atoms with Crippen molar-refractivity contribution in [3.63, 3.8) is 0 Å². The minimum Gasteiger partial charge on any atom is -0.370 e. The number of rotatable bonds is 3. The van der Waals surface area contributed by atoms with Gasteiger partial charge in [-0.25, -0.2) is 4.39 Å². The van der Waals surface area contributed by atoms with E-state index in [4.69, 9.17) is 4.74 Å². The maximum absolute atomic E-state index is 13.3. The van der Waals surface area contributed by atoms with Crippen LogP contribution in [-0.4, -0.2) is 54.9 Å². The largest absolute Gasteiger partial charge is 0.370 e. The van der Waals surface area contributed by atoms with Crippen molar-refractivity contribution in [2.45, 2.75) is 13.0 Å². The van der Waals surface area contributed by atoms with Crippen LogP contribution in [0.25, 0.3) is 0 Å². The van der Waals surface area contributed by atoms with Crippen LogP contribution in [0, 0.1) is 5.82 Å². The van der Waals surface area contributed by atoms with Crippen LogP contribution < -0.4 is 0 Å². The standard InChI is InChI=1S/C15H19FN2O3/c1-11(19)17(2)10-15(20)18-6-7-21-14(9-18)12-4-3-5-13(16)8-12/h3-5,8,14H,6-7,9-10H2,1-2H3. The molecule has 5 nitrogen and oxygen atoms in total. The van der Waals surface area contributed by atoms with Gasteiger partial charge in [0, 0.05) is 20.5 Å². The quantitative estimate of drug-likeness (QED) is 0.842. The predicted molar refractivity (Wildman–Crippen MR) is 75.0 cm³/mol. The van der Waals surface area contributed by atoms with Gasteiger partial charge in [0.2, 0.25) is 11.8 Å². The Kier molecular flexibility index (Phi) is 4.90. The molecule has 0 radical (unpaired) electrons. The number of hydrogen-bond acceptors (Lipinski definition) is 3. The SMILES string of the molecule is CC(=O)N(C)CC(=O)N1CCOC(c2cccc(F)c2)C1. The summed E-state index contributed by atoms with van der Waals surface area (Å²) in [5, 5.41) is 0. The van der Waals surface area contributed by atoms with Crippen molar-refractivity contribution in [2.75, 3.05) is 33.3 Å². The number of hydrogen-bond donors (Lipinski definition) is 0. The second-order valence-electron chi connectivity index (χ2n) is 5.13. The Morgan fingerprint density at radius 1 is 1.48 bits per heavy atom. The molecule has 0 aliphatic carbocycles. The third kappa shape index (κ3) is 4.01. The van der Waals surface area contributed by atoms with E-state index in [1.165, 1.54) is 24.0 Å². The number of nitrogens with zero attached hydrogens (tertiary/aromatic N) is 2. The molecule has 0 aromatic heterocycles. The number of morpholine rings is 1. The molecule has 2 amide bonds. The smallest absolute Gasteiger partial charge is 0.242 e.